The molecule has 112 valence electrons. The van der Waals surface area contributed by atoms with E-state index in [1.165, 1.54) is 38.3 Å². The van der Waals surface area contributed by atoms with E-state index < -0.39 is 17.6 Å². The highest BCUT2D eigenvalue weighted by Gasteiger charge is 2.25. The summed E-state index contributed by atoms with van der Waals surface area (Å²) in [6.45, 7) is 1.39. The number of carboxylic acids is 1. The van der Waals surface area contributed by atoms with Gasteiger partial charge in [-0.15, -0.1) is 0 Å². The first-order valence-corrected chi connectivity index (χ1v) is 7.01. The lowest BCUT2D eigenvalue weighted by molar-refractivity contribution is -0.131. The van der Waals surface area contributed by atoms with E-state index in [0.717, 1.165) is 24.0 Å². The predicted molar refractivity (Wildman–Crippen MR) is 77.7 cm³/mol. The Morgan fingerprint density at radius 1 is 1.24 bits per heavy atom. The zero-order valence-electron chi connectivity index (χ0n) is 11.9. The lowest BCUT2D eigenvalue weighted by Gasteiger charge is -2.01. The van der Waals surface area contributed by atoms with Crippen LogP contribution in [-0.2, 0) is 4.79 Å². The van der Waals surface area contributed by atoms with E-state index in [2.05, 4.69) is 12.2 Å². The van der Waals surface area contributed by atoms with Crippen molar-refractivity contribution in [3.8, 4) is 0 Å². The molecule has 4 heteroatoms. The number of aliphatic carboxylic acids is 1. The summed E-state index contributed by atoms with van der Waals surface area (Å²) in [5, 5.41) is 8.33. The Morgan fingerprint density at radius 2 is 1.86 bits per heavy atom. The van der Waals surface area contributed by atoms with Gasteiger partial charge in [0.1, 0.15) is 0 Å². The van der Waals surface area contributed by atoms with Crippen molar-refractivity contribution in [2.45, 2.75) is 26.2 Å². The van der Waals surface area contributed by atoms with Gasteiger partial charge in [0, 0.05) is 6.08 Å². The van der Waals surface area contributed by atoms with Crippen LogP contribution in [0.25, 0.3) is 6.08 Å². The predicted octanol–water partition coefficient (Wildman–Crippen LogP) is 4.34. The molecule has 2 atom stereocenters. The summed E-state index contributed by atoms with van der Waals surface area (Å²) in [5.41, 5.74) is 0.453. The van der Waals surface area contributed by atoms with E-state index in [1.54, 1.807) is 0 Å². The summed E-state index contributed by atoms with van der Waals surface area (Å²) < 4.78 is 25.6. The molecule has 2 unspecified atom stereocenters. The van der Waals surface area contributed by atoms with E-state index in [0.29, 0.717) is 5.56 Å². The molecule has 0 heterocycles. The van der Waals surface area contributed by atoms with Gasteiger partial charge in [0.05, 0.1) is 0 Å². The van der Waals surface area contributed by atoms with Crippen LogP contribution in [0.15, 0.2) is 30.4 Å². The van der Waals surface area contributed by atoms with Crippen LogP contribution in [0, 0.1) is 30.4 Å². The van der Waals surface area contributed by atoms with Crippen molar-refractivity contribution < 1.29 is 18.7 Å². The van der Waals surface area contributed by atoms with Gasteiger partial charge in [-0.25, -0.2) is 13.6 Å². The molecular weight excluding hydrogens is 274 g/mol. The van der Waals surface area contributed by atoms with Crippen molar-refractivity contribution >= 4 is 12.0 Å². The number of carbonyl (C=O) groups is 1. The molecule has 0 aliphatic heterocycles. The van der Waals surface area contributed by atoms with Crippen molar-refractivity contribution in [3.63, 3.8) is 0 Å². The second-order valence-electron chi connectivity index (χ2n) is 5.47. The highest BCUT2D eigenvalue weighted by molar-refractivity contribution is 5.85. The van der Waals surface area contributed by atoms with Gasteiger partial charge >= 0.3 is 5.97 Å². The number of benzene rings is 1. The number of allylic oxidation sites excluding steroid dienone is 2. The van der Waals surface area contributed by atoms with Gasteiger partial charge in [0.2, 0.25) is 0 Å². The van der Waals surface area contributed by atoms with E-state index in [1.807, 2.05) is 0 Å². The fourth-order valence-electron chi connectivity index (χ4n) is 2.73. The molecule has 21 heavy (non-hydrogen) atoms. The molecular formula is C17H18F2O2. The molecule has 0 saturated heterocycles. The number of carboxylic acid groups (broad SMARTS) is 1. The zero-order valence-corrected chi connectivity index (χ0v) is 11.9. The van der Waals surface area contributed by atoms with Gasteiger partial charge in [-0.1, -0.05) is 18.2 Å². The van der Waals surface area contributed by atoms with Crippen molar-refractivity contribution in [2.75, 3.05) is 0 Å². The molecule has 0 aromatic heterocycles. The third-order valence-electron chi connectivity index (χ3n) is 3.96. The molecule has 1 fully saturated rings. The Balaban J connectivity index is 0.000000189. The van der Waals surface area contributed by atoms with Crippen LogP contribution in [0.4, 0.5) is 8.78 Å². The molecule has 2 aliphatic carbocycles. The van der Waals surface area contributed by atoms with Crippen molar-refractivity contribution in [2.24, 2.45) is 11.8 Å². The molecule has 1 N–H and O–H groups in total. The molecule has 2 nitrogen and oxygen atoms in total. The van der Waals surface area contributed by atoms with Crippen LogP contribution in [0.1, 0.15) is 30.4 Å². The largest absolute Gasteiger partial charge is 0.478 e. The van der Waals surface area contributed by atoms with Crippen LogP contribution in [0.2, 0.25) is 0 Å². The van der Waals surface area contributed by atoms with Crippen molar-refractivity contribution in [3.05, 3.63) is 53.1 Å². The number of hydrogen-bond donors (Lipinski definition) is 1. The fraction of sp³-hybridized carbons (Fsp3) is 0.353. The molecule has 1 aromatic carbocycles. The molecule has 1 aromatic rings. The van der Waals surface area contributed by atoms with Gasteiger partial charge in [-0.05, 0) is 61.3 Å². The smallest absolute Gasteiger partial charge is 0.328 e. The quantitative estimate of drug-likeness (QED) is 0.650. The molecule has 1 saturated carbocycles. The number of fused-ring (bicyclic) bond motifs is 2. The molecule has 0 radical (unpaired) electrons. The minimum absolute atomic E-state index is 0.0995. The number of rotatable bonds is 2. The van der Waals surface area contributed by atoms with E-state index in [4.69, 9.17) is 5.11 Å². The van der Waals surface area contributed by atoms with Gasteiger partial charge in [-0.2, -0.15) is 0 Å². The highest BCUT2D eigenvalue weighted by Crippen LogP contribution is 2.38. The molecule has 0 amide bonds. The minimum Gasteiger partial charge on any atom is -0.478 e. The topological polar surface area (TPSA) is 37.3 Å². The SMILES string of the molecule is C1=CC2CCC1C2.Cc1c(C=CC(=O)O)ccc(F)c1F. The normalized spacial score (nSPS) is 22.4. The van der Waals surface area contributed by atoms with E-state index in [9.17, 15) is 13.6 Å². The highest BCUT2D eigenvalue weighted by atomic mass is 19.2. The summed E-state index contributed by atoms with van der Waals surface area (Å²) in [6.07, 6.45) is 11.3. The van der Waals surface area contributed by atoms with Gasteiger partial charge in [-0.3, -0.25) is 0 Å². The Bertz CT molecular complexity index is 579. The number of halogens is 2. The van der Waals surface area contributed by atoms with Crippen molar-refractivity contribution in [1.29, 1.82) is 0 Å². The number of hydrogen-bond acceptors (Lipinski definition) is 1. The van der Waals surface area contributed by atoms with E-state index in [-0.39, 0.29) is 5.56 Å². The lowest BCUT2D eigenvalue weighted by Crippen LogP contribution is -1.93. The summed E-state index contributed by atoms with van der Waals surface area (Å²) in [7, 11) is 0. The summed E-state index contributed by atoms with van der Waals surface area (Å²) in [6, 6.07) is 2.29. The molecule has 3 rings (SSSR count). The van der Waals surface area contributed by atoms with Crippen LogP contribution in [-0.4, -0.2) is 11.1 Å². The Hall–Kier alpha value is -1.97. The molecule has 0 spiro atoms. The molecule has 2 aliphatic rings. The molecule has 2 bridgehead atoms. The monoisotopic (exact) mass is 292 g/mol. The Morgan fingerprint density at radius 3 is 2.29 bits per heavy atom. The van der Waals surface area contributed by atoms with Crippen LogP contribution >= 0.6 is 0 Å². The second-order valence-corrected chi connectivity index (χ2v) is 5.47. The van der Waals surface area contributed by atoms with Crippen molar-refractivity contribution in [1.82, 2.24) is 0 Å². The van der Waals surface area contributed by atoms with Crippen LogP contribution in [0.5, 0.6) is 0 Å². The maximum atomic E-state index is 13.0. The Kier molecular flexibility index (Phi) is 4.89. The van der Waals surface area contributed by atoms with Crippen LogP contribution < -0.4 is 0 Å². The summed E-state index contributed by atoms with van der Waals surface area (Å²) in [5.74, 6) is -1.03. The van der Waals surface area contributed by atoms with Crippen LogP contribution in [0.3, 0.4) is 0 Å². The first kappa shape index (κ1) is 15.4. The zero-order chi connectivity index (χ0) is 15.4. The standard InChI is InChI=1S/C10H8F2O2.C7H10/c1-6-7(3-5-9(13)14)2-4-8(11)10(6)12;1-2-7-4-3-6(1)5-7/h2-5H,1H3,(H,13,14);1-2,6-7H,3-5H2. The maximum Gasteiger partial charge on any atom is 0.328 e. The third-order valence-corrected chi connectivity index (χ3v) is 3.96. The Labute approximate surface area is 122 Å². The first-order chi connectivity index (χ1) is 9.97. The third kappa shape index (κ3) is 4.00. The maximum absolute atomic E-state index is 13.0. The fourth-order valence-corrected chi connectivity index (χ4v) is 2.73. The lowest BCUT2D eigenvalue weighted by atomic mass is 10.1. The van der Waals surface area contributed by atoms with Gasteiger partial charge in [0.25, 0.3) is 0 Å². The first-order valence-electron chi connectivity index (χ1n) is 7.01. The van der Waals surface area contributed by atoms with E-state index >= 15 is 0 Å². The second kappa shape index (κ2) is 6.66. The average molecular weight is 292 g/mol. The summed E-state index contributed by atoms with van der Waals surface area (Å²) in [4.78, 5) is 10.2. The van der Waals surface area contributed by atoms with Gasteiger partial charge < -0.3 is 5.11 Å². The minimum atomic E-state index is -1.13. The van der Waals surface area contributed by atoms with Gasteiger partial charge in [0.15, 0.2) is 11.6 Å². The summed E-state index contributed by atoms with van der Waals surface area (Å²) >= 11 is 0. The average Bonchev–Trinajstić information content (AvgIpc) is 3.10.